The monoisotopic (exact) mass is 344 g/mol. The van der Waals surface area contributed by atoms with E-state index in [0.29, 0.717) is 0 Å². The number of carbonyl (C=O) groups excluding carboxylic acids is 1. The molecule has 2 heterocycles. The van der Waals surface area contributed by atoms with Gasteiger partial charge in [-0.05, 0) is 77.5 Å². The van der Waals surface area contributed by atoms with Gasteiger partial charge in [-0.3, -0.25) is 14.6 Å². The molecule has 2 N–H and O–H groups in total. The van der Waals surface area contributed by atoms with E-state index >= 15 is 0 Å². The Labute approximate surface area is 151 Å². The molecule has 0 aliphatic carbocycles. The summed E-state index contributed by atoms with van der Waals surface area (Å²) in [7, 11) is 2.26. The molecular formula is C20H32N4O. The second kappa shape index (κ2) is 7.85. The number of piperidine rings is 1. The molecule has 2 aliphatic rings. The van der Waals surface area contributed by atoms with Crippen LogP contribution >= 0.6 is 0 Å². The average Bonchev–Trinajstić information content (AvgIpc) is 2.75. The highest BCUT2D eigenvalue weighted by molar-refractivity contribution is 5.94. The zero-order valence-electron chi connectivity index (χ0n) is 15.8. The normalized spacial score (nSPS) is 23.2. The fourth-order valence-electron chi connectivity index (χ4n) is 4.22. The summed E-state index contributed by atoms with van der Waals surface area (Å²) in [6.45, 7) is 9.32. The minimum Gasteiger partial charge on any atom is -0.325 e. The van der Waals surface area contributed by atoms with Crippen molar-refractivity contribution in [3.8, 4) is 0 Å². The molecule has 2 aliphatic heterocycles. The van der Waals surface area contributed by atoms with Crippen molar-refractivity contribution in [1.82, 2.24) is 15.1 Å². The molecule has 5 heteroatoms. The largest absolute Gasteiger partial charge is 0.325 e. The third-order valence-electron chi connectivity index (χ3n) is 5.99. The molecule has 1 amide bonds. The first-order valence-corrected chi connectivity index (χ1v) is 9.54. The van der Waals surface area contributed by atoms with E-state index in [4.69, 9.17) is 0 Å². The van der Waals surface area contributed by atoms with Crippen molar-refractivity contribution in [3.05, 3.63) is 29.8 Å². The van der Waals surface area contributed by atoms with E-state index in [1.54, 1.807) is 0 Å². The Morgan fingerprint density at radius 1 is 1.28 bits per heavy atom. The molecule has 138 valence electrons. The lowest BCUT2D eigenvalue weighted by molar-refractivity contribution is -0.121. The van der Waals surface area contributed by atoms with Crippen molar-refractivity contribution >= 4 is 11.6 Å². The van der Waals surface area contributed by atoms with Gasteiger partial charge < -0.3 is 10.6 Å². The zero-order chi connectivity index (χ0) is 17.9. The minimum absolute atomic E-state index is 0.0965. The van der Waals surface area contributed by atoms with Crippen molar-refractivity contribution in [3.63, 3.8) is 0 Å². The van der Waals surface area contributed by atoms with Gasteiger partial charge in [-0.15, -0.1) is 0 Å². The highest BCUT2D eigenvalue weighted by Crippen LogP contribution is 2.29. The van der Waals surface area contributed by atoms with E-state index in [-0.39, 0.29) is 17.5 Å². The Balaban J connectivity index is 1.69. The van der Waals surface area contributed by atoms with Gasteiger partial charge in [-0.1, -0.05) is 12.1 Å². The third kappa shape index (κ3) is 4.22. The van der Waals surface area contributed by atoms with Gasteiger partial charge in [0.15, 0.2) is 0 Å². The molecule has 3 rings (SSSR count). The fourth-order valence-corrected chi connectivity index (χ4v) is 4.22. The van der Waals surface area contributed by atoms with Gasteiger partial charge in [0.1, 0.15) is 0 Å². The van der Waals surface area contributed by atoms with Crippen LogP contribution in [0.5, 0.6) is 0 Å². The molecule has 0 radical (unpaired) electrons. The lowest BCUT2D eigenvalue weighted by Gasteiger charge is -2.46. The second-order valence-electron chi connectivity index (χ2n) is 7.75. The summed E-state index contributed by atoms with van der Waals surface area (Å²) in [6.07, 6.45) is 3.44. The Hall–Kier alpha value is -1.43. The number of benzene rings is 1. The van der Waals surface area contributed by atoms with E-state index in [1.165, 1.54) is 0 Å². The highest BCUT2D eigenvalue weighted by atomic mass is 16.2. The first-order valence-electron chi connectivity index (χ1n) is 9.54. The van der Waals surface area contributed by atoms with Gasteiger partial charge in [0.25, 0.3) is 0 Å². The van der Waals surface area contributed by atoms with E-state index < -0.39 is 0 Å². The molecule has 1 spiro atoms. The maximum absolute atomic E-state index is 12.8. The number of hydrogen-bond acceptors (Lipinski definition) is 4. The number of rotatable bonds is 3. The van der Waals surface area contributed by atoms with Crippen molar-refractivity contribution in [2.75, 3.05) is 45.1 Å². The van der Waals surface area contributed by atoms with E-state index in [1.807, 2.05) is 38.1 Å². The van der Waals surface area contributed by atoms with Crippen molar-refractivity contribution in [2.45, 2.75) is 44.7 Å². The lowest BCUT2D eigenvalue weighted by atomic mass is 9.86. The van der Waals surface area contributed by atoms with Crippen LogP contribution in [0.15, 0.2) is 24.3 Å². The van der Waals surface area contributed by atoms with Crippen LogP contribution in [0.4, 0.5) is 5.69 Å². The molecule has 2 fully saturated rings. The molecule has 1 aromatic rings. The van der Waals surface area contributed by atoms with Crippen LogP contribution in [0.2, 0.25) is 0 Å². The van der Waals surface area contributed by atoms with Gasteiger partial charge in [0.05, 0.1) is 6.04 Å². The van der Waals surface area contributed by atoms with Crippen LogP contribution in [-0.2, 0) is 4.79 Å². The summed E-state index contributed by atoms with van der Waals surface area (Å²) in [5, 5.41) is 6.57. The second-order valence-corrected chi connectivity index (χ2v) is 7.75. The smallest absolute Gasteiger partial charge is 0.241 e. The van der Waals surface area contributed by atoms with Crippen LogP contribution in [0.3, 0.4) is 0 Å². The van der Waals surface area contributed by atoms with E-state index in [9.17, 15) is 4.79 Å². The molecule has 0 unspecified atom stereocenters. The number of hydrogen-bond donors (Lipinski definition) is 2. The molecule has 25 heavy (non-hydrogen) atoms. The number of amides is 1. The maximum Gasteiger partial charge on any atom is 0.241 e. The SMILES string of the molecule is Cc1cccc(NC(=O)[C@@H](C)N2CCCN(C)C3(CCNCC3)C2)c1. The van der Waals surface area contributed by atoms with Crippen molar-refractivity contribution < 1.29 is 4.79 Å². The zero-order valence-corrected chi connectivity index (χ0v) is 15.8. The van der Waals surface area contributed by atoms with Crippen LogP contribution in [0.25, 0.3) is 0 Å². The number of carbonyl (C=O) groups is 1. The number of anilines is 1. The Morgan fingerprint density at radius 2 is 2.04 bits per heavy atom. The molecular weight excluding hydrogens is 312 g/mol. The topological polar surface area (TPSA) is 47.6 Å². The molecule has 2 saturated heterocycles. The number of likely N-dealkylation sites (N-methyl/N-ethyl adjacent to an activating group) is 1. The first-order chi connectivity index (χ1) is 12.0. The number of nitrogens with one attached hydrogen (secondary N) is 2. The molecule has 0 bridgehead atoms. The summed E-state index contributed by atoms with van der Waals surface area (Å²) >= 11 is 0. The summed E-state index contributed by atoms with van der Waals surface area (Å²) < 4.78 is 0. The van der Waals surface area contributed by atoms with Crippen molar-refractivity contribution in [2.24, 2.45) is 0 Å². The molecule has 0 saturated carbocycles. The molecule has 5 nitrogen and oxygen atoms in total. The summed E-state index contributed by atoms with van der Waals surface area (Å²) in [5.74, 6) is 0.0965. The van der Waals surface area contributed by atoms with Gasteiger partial charge in [-0.2, -0.15) is 0 Å². The van der Waals surface area contributed by atoms with Gasteiger partial charge in [0, 0.05) is 24.3 Å². The quantitative estimate of drug-likeness (QED) is 0.881. The van der Waals surface area contributed by atoms with Crippen molar-refractivity contribution in [1.29, 1.82) is 0 Å². The lowest BCUT2D eigenvalue weighted by Crippen LogP contribution is -2.59. The Morgan fingerprint density at radius 3 is 2.76 bits per heavy atom. The van der Waals surface area contributed by atoms with Crippen LogP contribution < -0.4 is 10.6 Å². The average molecular weight is 345 g/mol. The maximum atomic E-state index is 12.8. The van der Waals surface area contributed by atoms with Gasteiger partial charge in [-0.25, -0.2) is 0 Å². The third-order valence-corrected chi connectivity index (χ3v) is 5.99. The first kappa shape index (κ1) is 18.4. The van der Waals surface area contributed by atoms with Gasteiger partial charge >= 0.3 is 0 Å². The number of aryl methyl sites for hydroxylation is 1. The van der Waals surface area contributed by atoms with Crippen LogP contribution in [0, 0.1) is 6.92 Å². The Kier molecular flexibility index (Phi) is 5.77. The molecule has 1 atom stereocenters. The number of nitrogens with zero attached hydrogens (tertiary/aromatic N) is 2. The van der Waals surface area contributed by atoms with Crippen LogP contribution in [-0.4, -0.2) is 67.1 Å². The molecule has 0 aromatic heterocycles. The summed E-state index contributed by atoms with van der Waals surface area (Å²) in [5.41, 5.74) is 2.26. The van der Waals surface area contributed by atoms with E-state index in [0.717, 1.165) is 63.2 Å². The summed E-state index contributed by atoms with van der Waals surface area (Å²) in [6, 6.07) is 7.90. The predicted octanol–water partition coefficient (Wildman–Crippen LogP) is 2.08. The summed E-state index contributed by atoms with van der Waals surface area (Å²) in [4.78, 5) is 17.7. The Bertz CT molecular complexity index is 597. The fraction of sp³-hybridized carbons (Fsp3) is 0.650. The predicted molar refractivity (Wildman–Crippen MR) is 103 cm³/mol. The highest BCUT2D eigenvalue weighted by Gasteiger charge is 2.40. The van der Waals surface area contributed by atoms with Crippen LogP contribution in [0.1, 0.15) is 31.7 Å². The minimum atomic E-state index is -0.112. The van der Waals surface area contributed by atoms with Gasteiger partial charge in [0.2, 0.25) is 5.91 Å². The van der Waals surface area contributed by atoms with E-state index in [2.05, 4.69) is 27.5 Å². The molecule has 1 aromatic carbocycles. The standard InChI is InChI=1S/C20H32N4O/c1-16-6-4-7-18(14-16)22-19(25)17(2)24-13-5-12-23(3)20(15-24)8-10-21-11-9-20/h4,6-7,14,17,21H,5,8-13,15H2,1-3H3,(H,22,25)/t17-/m1/s1.